The van der Waals surface area contributed by atoms with Crippen molar-refractivity contribution in [1.29, 1.82) is 0 Å². The van der Waals surface area contributed by atoms with Crippen LogP contribution in [0.25, 0.3) is 0 Å². The van der Waals surface area contributed by atoms with Crippen molar-refractivity contribution >= 4 is 17.9 Å². The number of carbonyl (C=O) groups is 3. The predicted octanol–water partition coefficient (Wildman–Crippen LogP) is -1.74. The molecule has 0 spiro atoms. The molecule has 0 aromatic carbocycles. The first kappa shape index (κ1) is 14.3. The highest BCUT2D eigenvalue weighted by atomic mass is 16.4. The molecule has 5 N–H and O–H groups in total. The molecule has 8 nitrogen and oxygen atoms in total. The van der Waals surface area contributed by atoms with Gasteiger partial charge in [-0.2, -0.15) is 0 Å². The minimum atomic E-state index is -1.20. The Morgan fingerprint density at radius 1 is 1.06 bits per heavy atom. The van der Waals surface area contributed by atoms with E-state index in [4.69, 9.17) is 21.1 Å². The summed E-state index contributed by atoms with van der Waals surface area (Å²) in [4.78, 5) is 32.3. The SMILES string of the molecule is N[C@@H](CCN(CC(=O)O)CC(=O)O)C(=O)O. The standard InChI is InChI=1S/C8H14N2O6/c9-5(8(15)16)1-2-10(3-6(11)12)4-7(13)14/h5H,1-4,9H2,(H,11,12)(H,13,14)(H,15,16)/t5-/m0/s1. The average Bonchev–Trinajstić information content (AvgIpc) is 2.11. The topological polar surface area (TPSA) is 141 Å². The molecular weight excluding hydrogens is 220 g/mol. The highest BCUT2D eigenvalue weighted by Crippen LogP contribution is 1.95. The molecule has 0 aliphatic rings. The second-order valence-electron chi connectivity index (χ2n) is 3.23. The van der Waals surface area contributed by atoms with Crippen molar-refractivity contribution in [1.82, 2.24) is 4.90 Å². The molecule has 0 aromatic rings. The van der Waals surface area contributed by atoms with Crippen LogP contribution in [0, 0.1) is 0 Å². The second kappa shape index (κ2) is 6.75. The third kappa shape index (κ3) is 6.74. The molecule has 8 heteroatoms. The van der Waals surface area contributed by atoms with Gasteiger partial charge in [-0.05, 0) is 6.42 Å². The van der Waals surface area contributed by atoms with Gasteiger partial charge in [-0.15, -0.1) is 0 Å². The van der Waals surface area contributed by atoms with Crippen LogP contribution in [0.15, 0.2) is 0 Å². The number of rotatable bonds is 8. The van der Waals surface area contributed by atoms with E-state index < -0.39 is 37.0 Å². The fourth-order valence-electron chi connectivity index (χ4n) is 1.04. The van der Waals surface area contributed by atoms with Crippen molar-refractivity contribution in [2.24, 2.45) is 5.73 Å². The molecule has 0 heterocycles. The van der Waals surface area contributed by atoms with Gasteiger partial charge in [0.15, 0.2) is 0 Å². The number of carboxylic acid groups (broad SMARTS) is 3. The average molecular weight is 234 g/mol. The van der Waals surface area contributed by atoms with Gasteiger partial charge in [0.25, 0.3) is 0 Å². The fraction of sp³-hybridized carbons (Fsp3) is 0.625. The van der Waals surface area contributed by atoms with Gasteiger partial charge in [0.1, 0.15) is 6.04 Å². The number of nitrogens with two attached hydrogens (primary N) is 1. The minimum absolute atomic E-state index is 0.00407. The van der Waals surface area contributed by atoms with E-state index in [9.17, 15) is 14.4 Å². The molecule has 0 saturated heterocycles. The van der Waals surface area contributed by atoms with Gasteiger partial charge in [0, 0.05) is 6.54 Å². The number of carboxylic acids is 3. The van der Waals surface area contributed by atoms with Gasteiger partial charge < -0.3 is 21.1 Å². The quantitative estimate of drug-likeness (QED) is 0.387. The largest absolute Gasteiger partial charge is 0.480 e. The third-order valence-corrected chi connectivity index (χ3v) is 1.79. The normalized spacial score (nSPS) is 12.4. The van der Waals surface area contributed by atoms with E-state index in [0.29, 0.717) is 0 Å². The molecule has 0 aromatic heterocycles. The summed E-state index contributed by atoms with van der Waals surface area (Å²) >= 11 is 0. The van der Waals surface area contributed by atoms with Crippen LogP contribution in [0.5, 0.6) is 0 Å². The summed E-state index contributed by atoms with van der Waals surface area (Å²) < 4.78 is 0. The first-order valence-corrected chi connectivity index (χ1v) is 4.47. The van der Waals surface area contributed by atoms with E-state index in [1.807, 2.05) is 0 Å². The molecule has 0 aliphatic heterocycles. The number of aliphatic carboxylic acids is 3. The smallest absolute Gasteiger partial charge is 0.320 e. The minimum Gasteiger partial charge on any atom is -0.480 e. The van der Waals surface area contributed by atoms with Gasteiger partial charge in [-0.3, -0.25) is 19.3 Å². The van der Waals surface area contributed by atoms with Gasteiger partial charge in [0.2, 0.25) is 0 Å². The lowest BCUT2D eigenvalue weighted by Crippen LogP contribution is -2.39. The second-order valence-corrected chi connectivity index (χ2v) is 3.23. The van der Waals surface area contributed by atoms with Gasteiger partial charge in [-0.25, -0.2) is 0 Å². The predicted molar refractivity (Wildman–Crippen MR) is 51.9 cm³/mol. The van der Waals surface area contributed by atoms with Crippen molar-refractivity contribution in [2.75, 3.05) is 19.6 Å². The van der Waals surface area contributed by atoms with E-state index >= 15 is 0 Å². The highest BCUT2D eigenvalue weighted by Gasteiger charge is 2.17. The van der Waals surface area contributed by atoms with E-state index in [0.717, 1.165) is 4.90 Å². The van der Waals surface area contributed by atoms with Gasteiger partial charge in [-0.1, -0.05) is 0 Å². The van der Waals surface area contributed by atoms with Crippen molar-refractivity contribution in [3.8, 4) is 0 Å². The maximum absolute atomic E-state index is 10.4. The Kier molecular flexibility index (Phi) is 6.04. The molecular formula is C8H14N2O6. The summed E-state index contributed by atoms with van der Waals surface area (Å²) in [7, 11) is 0. The van der Waals surface area contributed by atoms with E-state index in [-0.39, 0.29) is 13.0 Å². The van der Waals surface area contributed by atoms with E-state index in [1.54, 1.807) is 0 Å². The Balaban J connectivity index is 4.15. The van der Waals surface area contributed by atoms with Crippen LogP contribution in [0.3, 0.4) is 0 Å². The zero-order chi connectivity index (χ0) is 12.7. The highest BCUT2D eigenvalue weighted by molar-refractivity contribution is 5.73. The van der Waals surface area contributed by atoms with Crippen LogP contribution < -0.4 is 5.73 Å². The zero-order valence-corrected chi connectivity index (χ0v) is 8.50. The molecule has 0 rings (SSSR count). The van der Waals surface area contributed by atoms with Crippen molar-refractivity contribution in [2.45, 2.75) is 12.5 Å². The lowest BCUT2D eigenvalue weighted by Gasteiger charge is -2.18. The van der Waals surface area contributed by atoms with Crippen molar-refractivity contribution < 1.29 is 29.7 Å². The van der Waals surface area contributed by atoms with Crippen LogP contribution in [-0.4, -0.2) is 63.8 Å². The molecule has 0 amide bonds. The maximum Gasteiger partial charge on any atom is 0.320 e. The molecule has 0 fully saturated rings. The summed E-state index contributed by atoms with van der Waals surface area (Å²) in [6, 6.07) is -1.12. The molecule has 0 unspecified atom stereocenters. The summed E-state index contributed by atoms with van der Waals surface area (Å²) in [5.74, 6) is -3.55. The first-order valence-electron chi connectivity index (χ1n) is 4.47. The van der Waals surface area contributed by atoms with Crippen LogP contribution in [0.2, 0.25) is 0 Å². The lowest BCUT2D eigenvalue weighted by atomic mass is 10.2. The van der Waals surface area contributed by atoms with Crippen molar-refractivity contribution in [3.63, 3.8) is 0 Å². The third-order valence-electron chi connectivity index (χ3n) is 1.79. The van der Waals surface area contributed by atoms with Crippen LogP contribution in [0.1, 0.15) is 6.42 Å². The molecule has 92 valence electrons. The summed E-state index contributed by atoms with van der Waals surface area (Å²) in [5, 5.41) is 25.5. The molecule has 0 radical (unpaired) electrons. The van der Waals surface area contributed by atoms with Gasteiger partial charge in [0.05, 0.1) is 13.1 Å². The van der Waals surface area contributed by atoms with Gasteiger partial charge >= 0.3 is 17.9 Å². The number of nitrogens with zero attached hydrogens (tertiary/aromatic N) is 1. The monoisotopic (exact) mass is 234 g/mol. The zero-order valence-electron chi connectivity index (χ0n) is 8.50. The van der Waals surface area contributed by atoms with Crippen LogP contribution in [-0.2, 0) is 14.4 Å². The molecule has 1 atom stereocenters. The van der Waals surface area contributed by atoms with E-state index in [1.165, 1.54) is 0 Å². The van der Waals surface area contributed by atoms with E-state index in [2.05, 4.69) is 0 Å². The molecule has 0 aliphatic carbocycles. The Morgan fingerprint density at radius 2 is 1.50 bits per heavy atom. The fourth-order valence-corrected chi connectivity index (χ4v) is 1.04. The lowest BCUT2D eigenvalue weighted by molar-refractivity contribution is -0.141. The molecule has 0 saturated carbocycles. The van der Waals surface area contributed by atoms with Crippen LogP contribution >= 0.6 is 0 Å². The Labute approximate surface area is 91.3 Å². The van der Waals surface area contributed by atoms with Crippen LogP contribution in [0.4, 0.5) is 0 Å². The Bertz CT molecular complexity index is 264. The number of hydrogen-bond acceptors (Lipinski definition) is 5. The first-order chi connectivity index (χ1) is 7.32. The summed E-state index contributed by atoms with van der Waals surface area (Å²) in [6.45, 7) is -0.913. The summed E-state index contributed by atoms with van der Waals surface area (Å²) in [6.07, 6.45) is -0.00407. The Morgan fingerprint density at radius 3 is 1.81 bits per heavy atom. The molecule has 16 heavy (non-hydrogen) atoms. The number of hydrogen-bond donors (Lipinski definition) is 4. The molecule has 0 bridgehead atoms. The van der Waals surface area contributed by atoms with Crippen molar-refractivity contribution in [3.05, 3.63) is 0 Å². The Hall–Kier alpha value is -1.67. The summed E-state index contributed by atoms with van der Waals surface area (Å²) in [5.41, 5.74) is 5.21. The maximum atomic E-state index is 10.4.